The van der Waals surface area contributed by atoms with Crippen molar-refractivity contribution in [1.29, 1.82) is 0 Å². The van der Waals surface area contributed by atoms with Gasteiger partial charge in [-0.3, -0.25) is 4.79 Å². The highest BCUT2D eigenvalue weighted by molar-refractivity contribution is 6.02. The minimum Gasteiger partial charge on any atom is -0.508 e. The van der Waals surface area contributed by atoms with Crippen molar-refractivity contribution < 1.29 is 44.2 Å². The molecule has 3 unspecified atom stereocenters. The highest BCUT2D eigenvalue weighted by atomic mass is 16.6. The molecular weight excluding hydrogens is 444 g/mol. The lowest BCUT2D eigenvalue weighted by Gasteiger charge is -2.34. The van der Waals surface area contributed by atoms with Crippen molar-refractivity contribution >= 4 is 5.78 Å². The predicted octanol–water partition coefficient (Wildman–Crippen LogP) is 3.39. The lowest BCUT2D eigenvalue weighted by atomic mass is 9.95. The van der Waals surface area contributed by atoms with Crippen LogP contribution in [0.25, 0.3) is 0 Å². The summed E-state index contributed by atoms with van der Waals surface area (Å²) in [5.41, 5.74) is 1.32. The van der Waals surface area contributed by atoms with Crippen molar-refractivity contribution in [3.8, 4) is 40.2 Å². The summed E-state index contributed by atoms with van der Waals surface area (Å²) in [6, 6.07) is 12.3. The van der Waals surface area contributed by atoms with Gasteiger partial charge in [0.15, 0.2) is 41.0 Å². The molecule has 0 bridgehead atoms. The quantitative estimate of drug-likeness (QED) is 0.456. The van der Waals surface area contributed by atoms with Crippen molar-refractivity contribution in [3.05, 3.63) is 65.2 Å². The zero-order valence-corrected chi connectivity index (χ0v) is 18.1. The molecule has 4 N–H and O–H groups in total. The van der Waals surface area contributed by atoms with Gasteiger partial charge in [-0.05, 0) is 29.8 Å². The van der Waals surface area contributed by atoms with Gasteiger partial charge < -0.3 is 39.4 Å². The number of ether oxygens (including phenoxy) is 4. The van der Waals surface area contributed by atoms with E-state index in [-0.39, 0.29) is 53.1 Å². The summed E-state index contributed by atoms with van der Waals surface area (Å²) in [5.74, 6) is 0.311. The summed E-state index contributed by atoms with van der Waals surface area (Å²) in [4.78, 5) is 12.6. The topological polar surface area (TPSA) is 135 Å². The average Bonchev–Trinajstić information content (AvgIpc) is 2.82. The van der Waals surface area contributed by atoms with Gasteiger partial charge in [0.2, 0.25) is 0 Å². The maximum Gasteiger partial charge on any atom is 0.174 e. The molecule has 176 valence electrons. The minimum absolute atomic E-state index is 0.00959. The Balaban J connectivity index is 1.43. The van der Waals surface area contributed by atoms with Gasteiger partial charge in [-0.25, -0.2) is 0 Å². The third kappa shape index (κ3) is 3.69. The number of hydrogen-bond acceptors (Lipinski definition) is 9. The van der Waals surface area contributed by atoms with Gasteiger partial charge in [0, 0.05) is 17.7 Å². The fraction of sp³-hybridized carbons (Fsp3) is 0.240. The van der Waals surface area contributed by atoms with Crippen LogP contribution in [0.1, 0.15) is 40.1 Å². The number of rotatable bonds is 4. The van der Waals surface area contributed by atoms with Gasteiger partial charge in [0.05, 0.1) is 20.1 Å². The Morgan fingerprint density at radius 1 is 0.882 bits per heavy atom. The van der Waals surface area contributed by atoms with E-state index in [0.29, 0.717) is 22.6 Å². The molecule has 0 aliphatic carbocycles. The number of methoxy groups -OCH3 is 1. The summed E-state index contributed by atoms with van der Waals surface area (Å²) in [5, 5.41) is 39.6. The molecule has 0 saturated heterocycles. The molecular formula is C25H22O9. The zero-order chi connectivity index (χ0) is 24.0. The van der Waals surface area contributed by atoms with Crippen LogP contribution in [0.5, 0.6) is 40.2 Å². The minimum atomic E-state index is -0.736. The zero-order valence-electron chi connectivity index (χ0n) is 18.1. The van der Waals surface area contributed by atoms with E-state index in [9.17, 15) is 25.2 Å². The van der Waals surface area contributed by atoms with Gasteiger partial charge in [0.1, 0.15) is 28.9 Å². The Kier molecular flexibility index (Phi) is 5.33. The van der Waals surface area contributed by atoms with E-state index in [1.54, 1.807) is 30.3 Å². The number of benzene rings is 3. The molecule has 0 radical (unpaired) electrons. The lowest BCUT2D eigenvalue weighted by Crippen LogP contribution is -2.36. The van der Waals surface area contributed by atoms with E-state index in [2.05, 4.69) is 0 Å². The average molecular weight is 466 g/mol. The van der Waals surface area contributed by atoms with Crippen LogP contribution >= 0.6 is 0 Å². The molecule has 0 saturated carbocycles. The number of phenols is 3. The Bertz CT molecular complexity index is 1270. The summed E-state index contributed by atoms with van der Waals surface area (Å²) in [6.45, 7) is -0.331. The van der Waals surface area contributed by atoms with E-state index in [0.717, 1.165) is 6.07 Å². The van der Waals surface area contributed by atoms with Crippen molar-refractivity contribution in [3.63, 3.8) is 0 Å². The van der Waals surface area contributed by atoms with Crippen LogP contribution in [0.2, 0.25) is 0 Å². The Morgan fingerprint density at radius 3 is 2.44 bits per heavy atom. The first-order valence-electron chi connectivity index (χ1n) is 10.6. The molecule has 2 aliphatic heterocycles. The number of aliphatic hydroxyl groups excluding tert-OH is 1. The normalized spacial score (nSPS) is 20.9. The number of carbonyl (C=O) groups is 1. The van der Waals surface area contributed by atoms with E-state index in [1.165, 1.54) is 19.2 Å². The van der Waals surface area contributed by atoms with Crippen LogP contribution in [0.15, 0.2) is 48.5 Å². The standard InChI is InChI=1S/C25H22O9/c1-31-20-7-13(2-4-15(20)28)25-23(11-26)33-21-6-12(3-5-18(21)34-25)19-10-17(30)24-16(29)8-14(27)9-22(24)32-19/h2-9,19,23,25-29H,10-11H2,1H3. The van der Waals surface area contributed by atoms with Crippen molar-refractivity contribution in [2.45, 2.75) is 24.7 Å². The number of fused-ring (bicyclic) bond motifs is 2. The van der Waals surface area contributed by atoms with Gasteiger partial charge in [-0.2, -0.15) is 0 Å². The highest BCUT2D eigenvalue weighted by Gasteiger charge is 2.35. The van der Waals surface area contributed by atoms with Crippen LogP contribution in [0.4, 0.5) is 0 Å². The van der Waals surface area contributed by atoms with Crippen LogP contribution in [0.3, 0.4) is 0 Å². The lowest BCUT2D eigenvalue weighted by molar-refractivity contribution is -0.0126. The van der Waals surface area contributed by atoms with Crippen molar-refractivity contribution in [1.82, 2.24) is 0 Å². The fourth-order valence-corrected chi connectivity index (χ4v) is 4.25. The van der Waals surface area contributed by atoms with Gasteiger partial charge >= 0.3 is 0 Å². The Hall–Kier alpha value is -4.11. The highest BCUT2D eigenvalue weighted by Crippen LogP contribution is 2.45. The first kappa shape index (κ1) is 21.7. The first-order valence-corrected chi connectivity index (χ1v) is 10.6. The molecule has 5 rings (SSSR count). The van der Waals surface area contributed by atoms with Crippen LogP contribution < -0.4 is 18.9 Å². The number of carbonyl (C=O) groups excluding carboxylic acids is 1. The molecule has 0 amide bonds. The fourth-order valence-electron chi connectivity index (χ4n) is 4.25. The van der Waals surface area contributed by atoms with Gasteiger partial charge in [-0.1, -0.05) is 12.1 Å². The smallest absolute Gasteiger partial charge is 0.174 e. The van der Waals surface area contributed by atoms with Gasteiger partial charge in [-0.15, -0.1) is 0 Å². The second-order valence-electron chi connectivity index (χ2n) is 8.09. The third-order valence-corrected chi connectivity index (χ3v) is 5.91. The molecule has 2 heterocycles. The molecule has 34 heavy (non-hydrogen) atoms. The second kappa shape index (κ2) is 8.35. The Labute approximate surface area is 194 Å². The number of hydrogen-bond donors (Lipinski definition) is 4. The number of aromatic hydroxyl groups is 3. The number of phenolic OH excluding ortho intramolecular Hbond substituents is 3. The number of Topliss-reactive ketones (excluding diaryl/α,β-unsaturated/α-hetero) is 1. The van der Waals surface area contributed by atoms with Crippen LogP contribution in [-0.4, -0.2) is 46.0 Å². The summed E-state index contributed by atoms with van der Waals surface area (Å²) in [6.07, 6.45) is -2.06. The Morgan fingerprint density at radius 2 is 1.68 bits per heavy atom. The largest absolute Gasteiger partial charge is 0.508 e. The van der Waals surface area contributed by atoms with E-state index in [4.69, 9.17) is 18.9 Å². The van der Waals surface area contributed by atoms with Crippen LogP contribution in [-0.2, 0) is 0 Å². The molecule has 2 aliphatic rings. The molecule has 9 nitrogen and oxygen atoms in total. The van der Waals surface area contributed by atoms with Gasteiger partial charge in [0.25, 0.3) is 0 Å². The maximum atomic E-state index is 12.6. The number of ketones is 1. The molecule has 0 aromatic heterocycles. The van der Waals surface area contributed by atoms with Crippen LogP contribution in [0, 0.1) is 0 Å². The second-order valence-corrected chi connectivity index (χ2v) is 8.09. The molecule has 0 spiro atoms. The monoisotopic (exact) mass is 466 g/mol. The molecule has 3 atom stereocenters. The SMILES string of the molecule is COc1cc(C2Oc3ccc(C4CC(=O)c5c(O)cc(O)cc5O4)cc3OC2CO)ccc1O. The van der Waals surface area contributed by atoms with E-state index in [1.807, 2.05) is 0 Å². The third-order valence-electron chi connectivity index (χ3n) is 5.91. The molecule has 9 heteroatoms. The first-order chi connectivity index (χ1) is 16.4. The molecule has 3 aromatic carbocycles. The van der Waals surface area contributed by atoms with E-state index >= 15 is 0 Å². The number of aliphatic hydroxyl groups is 1. The molecule has 3 aromatic rings. The van der Waals surface area contributed by atoms with E-state index < -0.39 is 18.3 Å². The summed E-state index contributed by atoms with van der Waals surface area (Å²) in [7, 11) is 1.44. The molecule has 0 fully saturated rings. The summed E-state index contributed by atoms with van der Waals surface area (Å²) >= 11 is 0. The maximum absolute atomic E-state index is 12.6. The predicted molar refractivity (Wildman–Crippen MR) is 118 cm³/mol. The van der Waals surface area contributed by atoms with Crippen molar-refractivity contribution in [2.24, 2.45) is 0 Å². The van der Waals surface area contributed by atoms with Crippen molar-refractivity contribution in [2.75, 3.05) is 13.7 Å². The summed E-state index contributed by atoms with van der Waals surface area (Å²) < 4.78 is 23.2.